The van der Waals surface area contributed by atoms with Crippen LogP contribution in [0.2, 0.25) is 5.02 Å². The largest absolute Gasteiger partial charge is 0.478 e. The normalized spacial score (nSPS) is 13.0. The molecule has 1 aliphatic carbocycles. The minimum Gasteiger partial charge on any atom is -0.478 e. The van der Waals surface area contributed by atoms with Crippen molar-refractivity contribution in [2.24, 2.45) is 5.92 Å². The monoisotopic (exact) mass is 512 g/mol. The third-order valence-electron chi connectivity index (χ3n) is 6.54. The Labute approximate surface area is 220 Å². The first-order chi connectivity index (χ1) is 18.0. The summed E-state index contributed by atoms with van der Waals surface area (Å²) in [7, 11) is 0. The lowest BCUT2D eigenvalue weighted by Crippen LogP contribution is -2.29. The van der Waals surface area contributed by atoms with Gasteiger partial charge in [0.1, 0.15) is 22.8 Å². The summed E-state index contributed by atoms with van der Waals surface area (Å²) in [6.07, 6.45) is 5.33. The van der Waals surface area contributed by atoms with Crippen LogP contribution >= 0.6 is 11.6 Å². The van der Waals surface area contributed by atoms with E-state index >= 15 is 0 Å². The molecule has 1 aliphatic rings. The van der Waals surface area contributed by atoms with Crippen molar-refractivity contribution in [2.75, 3.05) is 11.4 Å². The Balaban J connectivity index is 1.39. The topological polar surface area (TPSA) is 79.7 Å². The van der Waals surface area contributed by atoms with Crippen LogP contribution in [-0.4, -0.2) is 28.4 Å². The number of para-hydroxylation sites is 1. The quantitative estimate of drug-likeness (QED) is 0.235. The molecule has 1 aromatic heterocycles. The summed E-state index contributed by atoms with van der Waals surface area (Å²) in [5.74, 6) is -0.263. The highest BCUT2D eigenvalue weighted by Crippen LogP contribution is 2.34. The van der Waals surface area contributed by atoms with E-state index < -0.39 is 5.97 Å². The predicted molar refractivity (Wildman–Crippen MR) is 143 cm³/mol. The molecule has 0 radical (unpaired) electrons. The van der Waals surface area contributed by atoms with E-state index in [4.69, 9.17) is 16.3 Å². The van der Waals surface area contributed by atoms with E-state index in [1.165, 1.54) is 31.4 Å². The Kier molecular flexibility index (Phi) is 7.19. The Bertz CT molecular complexity index is 1400. The van der Waals surface area contributed by atoms with Crippen LogP contribution in [0.5, 0.6) is 11.5 Å². The summed E-state index contributed by atoms with van der Waals surface area (Å²) in [4.78, 5) is 31.7. The molecule has 4 aromatic rings. The number of ketones is 1. The molecule has 1 heterocycles. The molecule has 3 aromatic carbocycles. The number of aromatic nitrogens is 1. The molecule has 0 unspecified atom stereocenters. The number of aromatic carboxylic acids is 1. The van der Waals surface area contributed by atoms with Crippen molar-refractivity contribution in [2.45, 2.75) is 19.3 Å². The van der Waals surface area contributed by atoms with Crippen LogP contribution in [0.15, 0.2) is 91.1 Å². The van der Waals surface area contributed by atoms with Crippen LogP contribution in [0.3, 0.4) is 0 Å². The molecule has 0 amide bonds. The lowest BCUT2D eigenvalue weighted by molar-refractivity contribution is 0.0694. The number of hydrogen-bond acceptors (Lipinski definition) is 5. The Hall–Kier alpha value is -4.16. The Morgan fingerprint density at radius 1 is 0.946 bits per heavy atom. The van der Waals surface area contributed by atoms with Gasteiger partial charge in [-0.25, -0.2) is 4.79 Å². The van der Waals surface area contributed by atoms with Gasteiger partial charge in [-0.2, -0.15) is 0 Å². The van der Waals surface area contributed by atoms with Gasteiger partial charge in [0, 0.05) is 22.8 Å². The zero-order valence-corrected chi connectivity index (χ0v) is 20.8. The van der Waals surface area contributed by atoms with Gasteiger partial charge in [0.05, 0.1) is 11.9 Å². The van der Waals surface area contributed by atoms with Crippen molar-refractivity contribution >= 4 is 34.7 Å². The number of carboxylic acids is 1. The van der Waals surface area contributed by atoms with Gasteiger partial charge in [0.2, 0.25) is 5.78 Å². The molecule has 37 heavy (non-hydrogen) atoms. The zero-order chi connectivity index (χ0) is 25.8. The highest BCUT2D eigenvalue weighted by Gasteiger charge is 2.23. The lowest BCUT2D eigenvalue weighted by atomic mass is 9.85. The third kappa shape index (κ3) is 5.65. The predicted octanol–water partition coefficient (Wildman–Crippen LogP) is 7.39. The number of carboxylic acid groups (broad SMARTS) is 1. The standard InChI is InChI=1S/C30H25ClN2O4/c31-22-10-12-23(13-11-22)33(19-20-5-4-6-20)24-14-15-27(32-18-24)29(34)21-9-16-28(26(17-21)30(35)36)37-25-7-2-1-3-8-25/h1-3,7-18,20H,4-6,19H2,(H,35,36). The second kappa shape index (κ2) is 10.8. The summed E-state index contributed by atoms with van der Waals surface area (Å²) < 4.78 is 5.73. The minimum atomic E-state index is -1.18. The molecule has 6 nitrogen and oxygen atoms in total. The van der Waals surface area contributed by atoms with Gasteiger partial charge in [0.25, 0.3) is 0 Å². The van der Waals surface area contributed by atoms with Crippen LogP contribution in [0.25, 0.3) is 0 Å². The molecule has 1 N–H and O–H groups in total. The van der Waals surface area contributed by atoms with Crippen LogP contribution < -0.4 is 9.64 Å². The molecule has 0 atom stereocenters. The fourth-order valence-electron chi connectivity index (χ4n) is 4.29. The van der Waals surface area contributed by atoms with E-state index in [1.807, 2.05) is 36.4 Å². The van der Waals surface area contributed by atoms with Gasteiger partial charge >= 0.3 is 5.97 Å². The molecule has 1 fully saturated rings. The molecule has 0 saturated heterocycles. The molecular formula is C30H25ClN2O4. The van der Waals surface area contributed by atoms with Crippen LogP contribution in [0.1, 0.15) is 45.7 Å². The molecule has 1 saturated carbocycles. The summed E-state index contributed by atoms with van der Waals surface area (Å²) in [6.45, 7) is 0.863. The number of carbonyl (C=O) groups excluding carboxylic acids is 1. The fraction of sp³-hybridized carbons (Fsp3) is 0.167. The first kappa shape index (κ1) is 24.5. The Morgan fingerprint density at radius 2 is 1.68 bits per heavy atom. The smallest absolute Gasteiger partial charge is 0.339 e. The SMILES string of the molecule is O=C(c1ccc(Oc2ccccc2)c(C(=O)O)c1)c1ccc(N(CC2CCC2)c2ccc(Cl)cc2)cn1. The average molecular weight is 513 g/mol. The maximum absolute atomic E-state index is 13.2. The maximum atomic E-state index is 13.2. The number of rotatable bonds is 9. The molecular weight excluding hydrogens is 488 g/mol. The molecule has 5 rings (SSSR count). The zero-order valence-electron chi connectivity index (χ0n) is 20.0. The summed E-state index contributed by atoms with van der Waals surface area (Å²) >= 11 is 6.09. The summed E-state index contributed by atoms with van der Waals surface area (Å²) in [5.41, 5.74) is 2.25. The molecule has 186 valence electrons. The fourth-order valence-corrected chi connectivity index (χ4v) is 4.41. The third-order valence-corrected chi connectivity index (χ3v) is 6.79. The van der Waals surface area contributed by atoms with E-state index in [-0.39, 0.29) is 28.4 Å². The van der Waals surface area contributed by atoms with Crippen molar-refractivity contribution in [1.29, 1.82) is 0 Å². The van der Waals surface area contributed by atoms with Crippen molar-refractivity contribution in [1.82, 2.24) is 4.98 Å². The van der Waals surface area contributed by atoms with Gasteiger partial charge in [-0.05, 0) is 85.5 Å². The number of nitrogens with zero attached hydrogens (tertiary/aromatic N) is 2. The van der Waals surface area contributed by atoms with Crippen molar-refractivity contribution in [3.8, 4) is 11.5 Å². The number of ether oxygens (including phenoxy) is 1. The first-order valence-corrected chi connectivity index (χ1v) is 12.5. The number of carbonyl (C=O) groups is 2. The van der Waals surface area contributed by atoms with Crippen molar-refractivity contribution in [3.63, 3.8) is 0 Å². The van der Waals surface area contributed by atoms with Gasteiger partial charge < -0.3 is 14.7 Å². The first-order valence-electron chi connectivity index (χ1n) is 12.1. The highest BCUT2D eigenvalue weighted by atomic mass is 35.5. The number of halogens is 1. The summed E-state index contributed by atoms with van der Waals surface area (Å²) in [6, 6.07) is 24.5. The Morgan fingerprint density at radius 3 is 2.30 bits per heavy atom. The number of benzene rings is 3. The van der Waals surface area contributed by atoms with Gasteiger partial charge in [-0.3, -0.25) is 9.78 Å². The van der Waals surface area contributed by atoms with Crippen molar-refractivity contribution in [3.05, 3.63) is 113 Å². The minimum absolute atomic E-state index is 0.0965. The second-order valence-electron chi connectivity index (χ2n) is 9.05. The number of hydrogen-bond donors (Lipinski definition) is 1. The number of pyridine rings is 1. The average Bonchev–Trinajstić information content (AvgIpc) is 2.89. The summed E-state index contributed by atoms with van der Waals surface area (Å²) in [5, 5.41) is 10.4. The molecule has 0 aliphatic heterocycles. The van der Waals surface area contributed by atoms with Crippen LogP contribution in [0, 0.1) is 5.92 Å². The maximum Gasteiger partial charge on any atom is 0.339 e. The molecule has 7 heteroatoms. The van der Waals surface area contributed by atoms with Crippen LogP contribution in [0.4, 0.5) is 11.4 Å². The van der Waals surface area contributed by atoms with Crippen LogP contribution in [-0.2, 0) is 0 Å². The van der Waals surface area contributed by atoms with E-state index in [0.29, 0.717) is 16.7 Å². The van der Waals surface area contributed by atoms with E-state index in [1.54, 1.807) is 42.6 Å². The second-order valence-corrected chi connectivity index (χ2v) is 9.48. The number of anilines is 2. The van der Waals surface area contributed by atoms with Gasteiger partial charge in [-0.15, -0.1) is 0 Å². The van der Waals surface area contributed by atoms with E-state index in [0.717, 1.165) is 17.9 Å². The van der Waals surface area contributed by atoms with E-state index in [2.05, 4.69) is 9.88 Å². The van der Waals surface area contributed by atoms with Gasteiger partial charge in [-0.1, -0.05) is 36.2 Å². The van der Waals surface area contributed by atoms with Gasteiger partial charge in [0.15, 0.2) is 0 Å². The lowest BCUT2D eigenvalue weighted by Gasteiger charge is -2.33. The molecule has 0 bridgehead atoms. The molecule has 0 spiro atoms. The van der Waals surface area contributed by atoms with Crippen molar-refractivity contribution < 1.29 is 19.4 Å². The van der Waals surface area contributed by atoms with E-state index in [9.17, 15) is 14.7 Å². The highest BCUT2D eigenvalue weighted by molar-refractivity contribution is 6.30.